The summed E-state index contributed by atoms with van der Waals surface area (Å²) in [6, 6.07) is 0. The maximum absolute atomic E-state index is 11.0. The first-order valence-corrected chi connectivity index (χ1v) is 3.61. The Morgan fingerprint density at radius 2 is 1.07 bits per heavy atom. The van der Waals surface area contributed by atoms with Crippen molar-refractivity contribution in [1.82, 2.24) is 0 Å². The van der Waals surface area contributed by atoms with Gasteiger partial charge in [0.1, 0.15) is 0 Å². The summed E-state index contributed by atoms with van der Waals surface area (Å²) in [7, 11) is 0. The molecular formula is C5H4Cl2F6O. The van der Waals surface area contributed by atoms with Gasteiger partial charge in [-0.1, -0.05) is 23.2 Å². The molecule has 0 bridgehead atoms. The summed E-state index contributed by atoms with van der Waals surface area (Å²) >= 11 is 9.75. The van der Waals surface area contributed by atoms with Gasteiger partial charge in [0, 0.05) is 11.1 Å². The molecule has 0 radical (unpaired) electrons. The van der Waals surface area contributed by atoms with Gasteiger partial charge in [-0.2, -0.15) is 26.3 Å². The Labute approximate surface area is 84.9 Å². The largest absolute Gasteiger partial charge is 0.423 e. The van der Waals surface area contributed by atoms with Crippen molar-refractivity contribution in [2.45, 2.75) is 18.5 Å². The number of aliphatic hydroxyl groups excluding tert-OH is 1. The maximum Gasteiger partial charge on any atom is 0.423 e. The van der Waals surface area contributed by atoms with Crippen LogP contribution in [0.4, 0.5) is 26.3 Å². The second kappa shape index (κ2) is 6.36. The molecule has 0 heterocycles. The predicted molar refractivity (Wildman–Crippen MR) is 39.0 cm³/mol. The quantitative estimate of drug-likeness (QED) is 0.665. The molecule has 14 heavy (non-hydrogen) atoms. The third-order valence-corrected chi connectivity index (χ3v) is 1.05. The minimum absolute atomic E-state index is 1.24. The molecular weight excluding hydrogens is 261 g/mol. The van der Waals surface area contributed by atoms with Crippen molar-refractivity contribution >= 4 is 23.2 Å². The van der Waals surface area contributed by atoms with E-state index in [1.807, 2.05) is 0 Å². The Kier molecular flexibility index (Phi) is 7.41. The van der Waals surface area contributed by atoms with Crippen molar-refractivity contribution in [2.75, 3.05) is 0 Å². The highest BCUT2D eigenvalue weighted by atomic mass is 35.5. The van der Waals surface area contributed by atoms with Crippen molar-refractivity contribution in [1.29, 1.82) is 0 Å². The number of halogens is 8. The number of rotatable bonds is 0. The summed E-state index contributed by atoms with van der Waals surface area (Å²) in [6.45, 7) is 0. The average Bonchev–Trinajstić information content (AvgIpc) is 2.00. The number of hydrogen-bond acceptors (Lipinski definition) is 1. The minimum atomic E-state index is -5.63. The van der Waals surface area contributed by atoms with Crippen molar-refractivity contribution in [3.8, 4) is 0 Å². The average molecular weight is 265 g/mol. The summed E-state index contributed by atoms with van der Waals surface area (Å²) in [6.07, 6.45) is -15.5. The van der Waals surface area contributed by atoms with Gasteiger partial charge in [0.15, 0.2) is 0 Å². The van der Waals surface area contributed by atoms with Crippen LogP contribution in [0.1, 0.15) is 0 Å². The lowest BCUT2D eigenvalue weighted by atomic mass is 10.3. The van der Waals surface area contributed by atoms with Gasteiger partial charge < -0.3 is 5.11 Å². The van der Waals surface area contributed by atoms with E-state index in [1.165, 1.54) is 11.1 Å². The molecule has 0 aromatic heterocycles. The SMILES string of the molecule is Cl/C=C/Cl.OC(C(F)(F)F)C(F)(F)F. The number of alkyl halides is 6. The van der Waals surface area contributed by atoms with Gasteiger partial charge >= 0.3 is 12.4 Å². The van der Waals surface area contributed by atoms with E-state index >= 15 is 0 Å². The Bertz CT molecular complexity index is 156. The molecule has 0 atom stereocenters. The van der Waals surface area contributed by atoms with Gasteiger partial charge in [-0.3, -0.25) is 0 Å². The van der Waals surface area contributed by atoms with E-state index in [4.69, 9.17) is 28.3 Å². The maximum atomic E-state index is 11.0. The van der Waals surface area contributed by atoms with Gasteiger partial charge in [-0.05, 0) is 0 Å². The van der Waals surface area contributed by atoms with E-state index in [-0.39, 0.29) is 0 Å². The normalized spacial score (nSPS) is 13.0. The fraction of sp³-hybridized carbons (Fsp3) is 0.600. The topological polar surface area (TPSA) is 20.2 Å². The molecule has 0 rings (SSSR count). The van der Waals surface area contributed by atoms with Crippen molar-refractivity contribution in [2.24, 2.45) is 0 Å². The summed E-state index contributed by atoms with van der Waals surface area (Å²) in [4.78, 5) is 0. The molecule has 1 nitrogen and oxygen atoms in total. The fourth-order valence-electron chi connectivity index (χ4n) is 0.186. The smallest absolute Gasteiger partial charge is 0.377 e. The summed E-state index contributed by atoms with van der Waals surface area (Å²) in [5, 5.41) is 7.47. The third-order valence-electron chi connectivity index (χ3n) is 0.668. The first-order chi connectivity index (χ1) is 6.07. The van der Waals surface area contributed by atoms with Gasteiger partial charge in [0.25, 0.3) is 0 Å². The first-order valence-electron chi connectivity index (χ1n) is 2.74. The molecule has 0 aromatic rings. The summed E-state index contributed by atoms with van der Waals surface area (Å²) in [5.41, 5.74) is 2.48. The lowest BCUT2D eigenvalue weighted by molar-refractivity contribution is -0.308. The van der Waals surface area contributed by atoms with Gasteiger partial charge in [-0.15, -0.1) is 0 Å². The Balaban J connectivity index is 0. The Morgan fingerprint density at radius 3 is 1.07 bits per heavy atom. The molecule has 0 spiro atoms. The van der Waals surface area contributed by atoms with Crippen molar-refractivity contribution < 1.29 is 31.4 Å². The third kappa shape index (κ3) is 8.46. The molecule has 0 aliphatic heterocycles. The van der Waals surface area contributed by atoms with Gasteiger partial charge in [0.05, 0.1) is 0 Å². The molecule has 0 fully saturated rings. The van der Waals surface area contributed by atoms with Crippen LogP contribution in [-0.4, -0.2) is 23.6 Å². The van der Waals surface area contributed by atoms with E-state index in [0.29, 0.717) is 0 Å². The highest BCUT2D eigenvalue weighted by Crippen LogP contribution is 2.32. The molecule has 0 amide bonds. The molecule has 9 heteroatoms. The highest BCUT2D eigenvalue weighted by Gasteiger charge is 2.55. The van der Waals surface area contributed by atoms with E-state index in [2.05, 4.69) is 0 Å². The zero-order chi connectivity index (χ0) is 12.0. The molecule has 0 aromatic carbocycles. The van der Waals surface area contributed by atoms with Gasteiger partial charge in [-0.25, -0.2) is 0 Å². The van der Waals surface area contributed by atoms with Crippen LogP contribution in [0.15, 0.2) is 11.1 Å². The standard InChI is InChI=1S/C3H2F6O.C2H2Cl2/c4-2(5,6)1(10)3(7,8)9;3-1-2-4/h1,10H;1-2H/b;2-1+. The molecule has 0 unspecified atom stereocenters. The molecule has 0 aliphatic rings. The van der Waals surface area contributed by atoms with Crippen LogP contribution in [0.5, 0.6) is 0 Å². The summed E-state index contributed by atoms with van der Waals surface area (Å²) in [5.74, 6) is 0. The van der Waals surface area contributed by atoms with E-state index in [9.17, 15) is 26.3 Å². The lowest BCUT2D eigenvalue weighted by Crippen LogP contribution is -2.41. The Hall–Kier alpha value is -0.140. The van der Waals surface area contributed by atoms with Crippen LogP contribution in [0.25, 0.3) is 0 Å². The number of aliphatic hydroxyl groups is 1. The minimum Gasteiger partial charge on any atom is -0.377 e. The monoisotopic (exact) mass is 264 g/mol. The van der Waals surface area contributed by atoms with Crippen LogP contribution in [-0.2, 0) is 0 Å². The van der Waals surface area contributed by atoms with Crippen LogP contribution < -0.4 is 0 Å². The van der Waals surface area contributed by atoms with Crippen molar-refractivity contribution in [3.05, 3.63) is 11.1 Å². The lowest BCUT2D eigenvalue weighted by Gasteiger charge is -2.16. The molecule has 1 N–H and O–H groups in total. The second-order valence-electron chi connectivity index (χ2n) is 1.74. The van der Waals surface area contributed by atoms with E-state index < -0.39 is 18.5 Å². The first kappa shape index (κ1) is 16.3. The highest BCUT2D eigenvalue weighted by molar-refractivity contribution is 6.33. The zero-order valence-electron chi connectivity index (χ0n) is 6.20. The van der Waals surface area contributed by atoms with Crippen LogP contribution in [0, 0.1) is 0 Å². The molecule has 0 aliphatic carbocycles. The van der Waals surface area contributed by atoms with Gasteiger partial charge in [0.2, 0.25) is 6.10 Å². The molecule has 0 saturated carbocycles. The second-order valence-corrected chi connectivity index (χ2v) is 2.24. The molecule has 0 saturated heterocycles. The number of hydrogen-bond donors (Lipinski definition) is 1. The molecule has 86 valence electrons. The van der Waals surface area contributed by atoms with Crippen LogP contribution in [0.2, 0.25) is 0 Å². The van der Waals surface area contributed by atoms with E-state index in [0.717, 1.165) is 0 Å². The van der Waals surface area contributed by atoms with Crippen LogP contribution in [0.3, 0.4) is 0 Å². The zero-order valence-corrected chi connectivity index (χ0v) is 7.71. The Morgan fingerprint density at radius 1 is 0.857 bits per heavy atom. The summed E-state index contributed by atoms with van der Waals surface area (Å²) < 4.78 is 65.9. The van der Waals surface area contributed by atoms with E-state index in [1.54, 1.807) is 0 Å². The predicted octanol–water partition coefficient (Wildman–Crippen LogP) is 3.41. The van der Waals surface area contributed by atoms with Crippen LogP contribution >= 0.6 is 23.2 Å². The fourth-order valence-corrected chi connectivity index (χ4v) is 0.186. The van der Waals surface area contributed by atoms with Crippen molar-refractivity contribution in [3.63, 3.8) is 0 Å².